The van der Waals surface area contributed by atoms with Crippen LogP contribution in [0.1, 0.15) is 41.0 Å². The zero-order valence-corrected chi connectivity index (χ0v) is 15.5. The Labute approximate surface area is 161 Å². The highest BCUT2D eigenvalue weighted by Gasteiger charge is 2.20. The molecule has 0 bridgehead atoms. The summed E-state index contributed by atoms with van der Waals surface area (Å²) in [6.45, 7) is 2.68. The van der Waals surface area contributed by atoms with Crippen molar-refractivity contribution in [2.45, 2.75) is 39.2 Å². The third kappa shape index (κ3) is 3.40. The molecule has 0 saturated carbocycles. The first kappa shape index (κ1) is 18.3. The van der Waals surface area contributed by atoms with Gasteiger partial charge < -0.3 is 9.88 Å². The highest BCUT2D eigenvalue weighted by Crippen LogP contribution is 2.27. The summed E-state index contributed by atoms with van der Waals surface area (Å²) in [5.74, 6) is -0.907. The molecule has 4 rings (SSSR count). The lowest BCUT2D eigenvalue weighted by Gasteiger charge is -2.12. The number of amides is 1. The Morgan fingerprint density at radius 3 is 2.64 bits per heavy atom. The summed E-state index contributed by atoms with van der Waals surface area (Å²) in [6.07, 6.45) is 4.23. The van der Waals surface area contributed by atoms with Crippen LogP contribution in [0.2, 0.25) is 0 Å². The molecule has 1 aliphatic heterocycles. The Hall–Kier alpha value is -3.09. The van der Waals surface area contributed by atoms with Crippen LogP contribution in [0.5, 0.6) is 0 Å². The number of hydrogen-bond acceptors (Lipinski definition) is 3. The molecular formula is C21H20F2N4O. The molecule has 1 amide bonds. The number of nitrogens with one attached hydrogen (secondary N) is 1. The van der Waals surface area contributed by atoms with Crippen LogP contribution in [-0.4, -0.2) is 20.7 Å². The van der Waals surface area contributed by atoms with Crippen LogP contribution in [0.25, 0.3) is 11.4 Å². The summed E-state index contributed by atoms with van der Waals surface area (Å²) >= 11 is 0. The van der Waals surface area contributed by atoms with Gasteiger partial charge in [0, 0.05) is 24.2 Å². The van der Waals surface area contributed by atoms with Gasteiger partial charge in [-0.1, -0.05) is 24.6 Å². The Balaban J connectivity index is 1.67. The fourth-order valence-electron chi connectivity index (χ4n) is 3.49. The Morgan fingerprint density at radius 2 is 1.86 bits per heavy atom. The number of aromatic nitrogens is 3. The highest BCUT2D eigenvalue weighted by molar-refractivity contribution is 6.05. The van der Waals surface area contributed by atoms with Crippen LogP contribution in [0.4, 0.5) is 14.5 Å². The molecule has 3 aromatic rings. The van der Waals surface area contributed by atoms with Crippen molar-refractivity contribution in [3.8, 4) is 11.4 Å². The van der Waals surface area contributed by atoms with Crippen molar-refractivity contribution in [1.29, 1.82) is 0 Å². The van der Waals surface area contributed by atoms with Gasteiger partial charge in [-0.3, -0.25) is 4.79 Å². The lowest BCUT2D eigenvalue weighted by molar-refractivity contribution is 0.101. The van der Waals surface area contributed by atoms with E-state index < -0.39 is 23.1 Å². The zero-order chi connectivity index (χ0) is 19.7. The maximum Gasteiger partial charge on any atom is 0.261 e. The van der Waals surface area contributed by atoms with Crippen LogP contribution >= 0.6 is 0 Å². The molecular weight excluding hydrogens is 362 g/mol. The quantitative estimate of drug-likeness (QED) is 0.725. The van der Waals surface area contributed by atoms with Crippen LogP contribution < -0.4 is 5.32 Å². The summed E-state index contributed by atoms with van der Waals surface area (Å²) in [5, 5.41) is 11.3. The molecule has 1 aliphatic rings. The lowest BCUT2D eigenvalue weighted by Crippen LogP contribution is -2.16. The third-order valence-electron chi connectivity index (χ3n) is 5.04. The molecule has 0 radical (unpaired) electrons. The average molecular weight is 382 g/mol. The molecule has 5 nitrogen and oxygen atoms in total. The molecule has 0 fully saturated rings. The number of halogens is 2. The van der Waals surface area contributed by atoms with Crippen LogP contribution in [0.3, 0.4) is 0 Å². The number of fused-ring (bicyclic) bond motifs is 1. The van der Waals surface area contributed by atoms with Gasteiger partial charge in [0.05, 0.1) is 0 Å². The van der Waals surface area contributed by atoms with E-state index in [2.05, 4.69) is 20.1 Å². The fourth-order valence-corrected chi connectivity index (χ4v) is 3.49. The van der Waals surface area contributed by atoms with E-state index in [1.807, 2.05) is 19.1 Å². The molecule has 144 valence electrons. The predicted molar refractivity (Wildman–Crippen MR) is 102 cm³/mol. The second kappa shape index (κ2) is 7.50. The van der Waals surface area contributed by atoms with E-state index in [1.165, 1.54) is 6.07 Å². The molecule has 2 aromatic carbocycles. The first-order chi connectivity index (χ1) is 13.5. The van der Waals surface area contributed by atoms with Gasteiger partial charge >= 0.3 is 0 Å². The molecule has 0 aliphatic carbocycles. The van der Waals surface area contributed by atoms with Crippen LogP contribution in [0.15, 0.2) is 36.4 Å². The van der Waals surface area contributed by atoms with E-state index in [4.69, 9.17) is 0 Å². The molecule has 0 unspecified atom stereocenters. The Bertz CT molecular complexity index is 1020. The maximum absolute atomic E-state index is 13.9. The van der Waals surface area contributed by atoms with E-state index >= 15 is 0 Å². The van der Waals surface area contributed by atoms with E-state index in [1.54, 1.807) is 6.07 Å². The number of carbonyl (C=O) groups excluding carboxylic acids is 1. The number of benzene rings is 2. The summed E-state index contributed by atoms with van der Waals surface area (Å²) < 4.78 is 29.9. The molecule has 1 aromatic heterocycles. The minimum Gasteiger partial charge on any atom is -0.322 e. The van der Waals surface area contributed by atoms with E-state index in [0.717, 1.165) is 67.1 Å². The highest BCUT2D eigenvalue weighted by atomic mass is 19.1. The number of nitrogens with zero attached hydrogens (tertiary/aromatic N) is 3. The summed E-state index contributed by atoms with van der Waals surface area (Å²) in [6, 6.07) is 8.88. The van der Waals surface area contributed by atoms with Crippen LogP contribution in [-0.2, 0) is 13.0 Å². The third-order valence-corrected chi connectivity index (χ3v) is 5.04. The van der Waals surface area contributed by atoms with Crippen molar-refractivity contribution < 1.29 is 13.6 Å². The number of rotatable bonds is 3. The van der Waals surface area contributed by atoms with Crippen molar-refractivity contribution in [3.05, 3.63) is 65.0 Å². The standard InChI is InChI=1S/C21H20F2N4O/c1-13-9-10-14(20-26-25-18-8-3-2-4-11-27(18)20)12-17(13)24-21(28)19-15(22)6-5-7-16(19)23/h5-7,9-10,12H,2-4,8,11H2,1H3,(H,24,28). The number of carbonyl (C=O) groups is 1. The molecule has 0 spiro atoms. The van der Waals surface area contributed by atoms with Gasteiger partial charge in [0.15, 0.2) is 5.82 Å². The minimum atomic E-state index is -0.894. The van der Waals surface area contributed by atoms with E-state index in [0.29, 0.717) is 5.69 Å². The SMILES string of the molecule is Cc1ccc(-c2nnc3n2CCCCC3)cc1NC(=O)c1c(F)cccc1F. The fraction of sp³-hybridized carbons (Fsp3) is 0.286. The van der Waals surface area contributed by atoms with Crippen molar-refractivity contribution >= 4 is 11.6 Å². The molecule has 7 heteroatoms. The molecule has 2 heterocycles. The largest absolute Gasteiger partial charge is 0.322 e. The smallest absolute Gasteiger partial charge is 0.261 e. The topological polar surface area (TPSA) is 59.8 Å². The van der Waals surface area contributed by atoms with Gasteiger partial charge in [-0.05, 0) is 43.5 Å². The summed E-state index contributed by atoms with van der Waals surface area (Å²) in [5.41, 5.74) is 1.47. The van der Waals surface area contributed by atoms with Gasteiger partial charge in [0.25, 0.3) is 5.91 Å². The van der Waals surface area contributed by atoms with Gasteiger partial charge in [0.1, 0.15) is 23.0 Å². The van der Waals surface area contributed by atoms with Crippen LogP contribution in [0, 0.1) is 18.6 Å². The van der Waals surface area contributed by atoms with Crippen molar-refractivity contribution in [2.24, 2.45) is 0 Å². The molecule has 1 N–H and O–H groups in total. The first-order valence-electron chi connectivity index (χ1n) is 9.33. The van der Waals surface area contributed by atoms with Crippen molar-refractivity contribution in [3.63, 3.8) is 0 Å². The Morgan fingerprint density at radius 1 is 1.07 bits per heavy atom. The van der Waals surface area contributed by atoms with Crippen molar-refractivity contribution in [2.75, 3.05) is 5.32 Å². The number of anilines is 1. The summed E-state index contributed by atoms with van der Waals surface area (Å²) in [4.78, 5) is 12.5. The molecule has 28 heavy (non-hydrogen) atoms. The van der Waals surface area contributed by atoms with Gasteiger partial charge in [-0.15, -0.1) is 10.2 Å². The maximum atomic E-state index is 13.9. The van der Waals surface area contributed by atoms with Gasteiger partial charge in [-0.25, -0.2) is 8.78 Å². The molecule has 0 saturated heterocycles. The Kier molecular flexibility index (Phi) is 4.90. The first-order valence-corrected chi connectivity index (χ1v) is 9.33. The second-order valence-electron chi connectivity index (χ2n) is 6.98. The number of aryl methyl sites for hydroxylation is 2. The summed E-state index contributed by atoms with van der Waals surface area (Å²) in [7, 11) is 0. The normalized spacial score (nSPS) is 13.7. The predicted octanol–water partition coefficient (Wildman–Crippen LogP) is 4.51. The van der Waals surface area contributed by atoms with E-state index in [-0.39, 0.29) is 0 Å². The van der Waals surface area contributed by atoms with E-state index in [9.17, 15) is 13.6 Å². The van der Waals surface area contributed by atoms with Crippen molar-refractivity contribution in [1.82, 2.24) is 14.8 Å². The monoisotopic (exact) mass is 382 g/mol. The van der Waals surface area contributed by atoms with Gasteiger partial charge in [-0.2, -0.15) is 0 Å². The lowest BCUT2D eigenvalue weighted by atomic mass is 10.1. The minimum absolute atomic E-state index is 0.483. The number of hydrogen-bond donors (Lipinski definition) is 1. The second-order valence-corrected chi connectivity index (χ2v) is 6.98. The zero-order valence-electron chi connectivity index (χ0n) is 15.5. The molecule has 0 atom stereocenters. The van der Waals surface area contributed by atoms with Gasteiger partial charge in [0.2, 0.25) is 0 Å². The average Bonchev–Trinajstić information content (AvgIpc) is 2.91.